The standard InChI is InChI=1S/C17H15N3O4/c1-11-7-8-15(14(9-11)20(21)22)23-10-16-18-19-17(24-16)13-6-4-3-5-12(13)2/h3-9H,10H2,1-2H3. The molecule has 2 aromatic carbocycles. The highest BCUT2D eigenvalue weighted by Crippen LogP contribution is 2.29. The van der Waals surface area contributed by atoms with Crippen LogP contribution in [0.5, 0.6) is 5.75 Å². The van der Waals surface area contributed by atoms with Crippen LogP contribution in [0.2, 0.25) is 0 Å². The van der Waals surface area contributed by atoms with Gasteiger partial charge in [0.2, 0.25) is 5.89 Å². The van der Waals surface area contributed by atoms with Crippen molar-refractivity contribution < 1.29 is 14.1 Å². The summed E-state index contributed by atoms with van der Waals surface area (Å²) >= 11 is 0. The Balaban J connectivity index is 1.77. The molecule has 0 bridgehead atoms. The predicted octanol–water partition coefficient (Wildman–Crippen LogP) is 3.84. The van der Waals surface area contributed by atoms with Crippen molar-refractivity contribution in [3.63, 3.8) is 0 Å². The number of aryl methyl sites for hydroxylation is 2. The number of hydrogen-bond acceptors (Lipinski definition) is 6. The summed E-state index contributed by atoms with van der Waals surface area (Å²) in [7, 11) is 0. The van der Waals surface area contributed by atoms with Crippen LogP contribution in [0.3, 0.4) is 0 Å². The highest BCUT2D eigenvalue weighted by Gasteiger charge is 2.17. The van der Waals surface area contributed by atoms with Crippen LogP contribution in [0.1, 0.15) is 17.0 Å². The number of nitrogens with zero attached hydrogens (tertiary/aromatic N) is 3. The van der Waals surface area contributed by atoms with E-state index in [1.165, 1.54) is 6.07 Å². The number of hydrogen-bond donors (Lipinski definition) is 0. The van der Waals surface area contributed by atoms with Crippen molar-refractivity contribution in [2.75, 3.05) is 0 Å². The molecule has 0 fully saturated rings. The van der Waals surface area contributed by atoms with Gasteiger partial charge in [-0.25, -0.2) is 0 Å². The maximum atomic E-state index is 11.1. The van der Waals surface area contributed by atoms with Gasteiger partial charge >= 0.3 is 5.69 Å². The zero-order valence-corrected chi connectivity index (χ0v) is 13.2. The van der Waals surface area contributed by atoms with E-state index in [1.807, 2.05) is 31.2 Å². The van der Waals surface area contributed by atoms with E-state index < -0.39 is 4.92 Å². The molecule has 122 valence electrons. The van der Waals surface area contributed by atoms with Gasteiger partial charge in [0, 0.05) is 11.6 Å². The summed E-state index contributed by atoms with van der Waals surface area (Å²) in [5, 5.41) is 19.0. The van der Waals surface area contributed by atoms with Crippen LogP contribution in [0.4, 0.5) is 5.69 Å². The van der Waals surface area contributed by atoms with Gasteiger partial charge in [-0.05, 0) is 37.1 Å². The Labute approximate surface area is 138 Å². The minimum Gasteiger partial charge on any atom is -0.477 e. The number of rotatable bonds is 5. The van der Waals surface area contributed by atoms with Crippen LogP contribution >= 0.6 is 0 Å². The minimum atomic E-state index is -0.477. The number of ether oxygens (including phenoxy) is 1. The third-order valence-corrected chi connectivity index (χ3v) is 3.50. The lowest BCUT2D eigenvalue weighted by Crippen LogP contribution is -1.99. The first-order chi connectivity index (χ1) is 11.5. The Morgan fingerprint density at radius 1 is 1.17 bits per heavy atom. The molecule has 0 spiro atoms. The molecule has 1 heterocycles. The number of nitro groups is 1. The topological polar surface area (TPSA) is 91.3 Å². The highest BCUT2D eigenvalue weighted by molar-refractivity contribution is 5.57. The monoisotopic (exact) mass is 325 g/mol. The fraction of sp³-hybridized carbons (Fsp3) is 0.176. The zero-order valence-electron chi connectivity index (χ0n) is 13.2. The lowest BCUT2D eigenvalue weighted by Gasteiger charge is -2.05. The fourth-order valence-electron chi connectivity index (χ4n) is 2.27. The van der Waals surface area contributed by atoms with Crippen molar-refractivity contribution >= 4 is 5.69 Å². The molecule has 0 unspecified atom stereocenters. The summed E-state index contributed by atoms with van der Waals surface area (Å²) in [6.45, 7) is 3.69. The van der Waals surface area contributed by atoms with Crippen LogP contribution < -0.4 is 4.74 Å². The van der Waals surface area contributed by atoms with Crippen LogP contribution in [-0.2, 0) is 6.61 Å². The Morgan fingerprint density at radius 2 is 1.96 bits per heavy atom. The van der Waals surface area contributed by atoms with E-state index in [-0.39, 0.29) is 23.9 Å². The first-order valence-corrected chi connectivity index (χ1v) is 7.31. The van der Waals surface area contributed by atoms with E-state index in [1.54, 1.807) is 19.1 Å². The van der Waals surface area contributed by atoms with E-state index in [0.717, 1.165) is 16.7 Å². The van der Waals surface area contributed by atoms with Crippen molar-refractivity contribution in [3.8, 4) is 17.2 Å². The highest BCUT2D eigenvalue weighted by atomic mass is 16.6. The van der Waals surface area contributed by atoms with Crippen LogP contribution in [-0.4, -0.2) is 15.1 Å². The number of aromatic nitrogens is 2. The summed E-state index contributed by atoms with van der Waals surface area (Å²) in [5.74, 6) is 0.814. The van der Waals surface area contributed by atoms with Gasteiger partial charge < -0.3 is 9.15 Å². The average Bonchev–Trinajstić information content (AvgIpc) is 3.02. The van der Waals surface area contributed by atoms with Gasteiger partial charge in [-0.15, -0.1) is 10.2 Å². The molecular formula is C17H15N3O4. The number of nitro benzene ring substituents is 1. The van der Waals surface area contributed by atoms with Gasteiger partial charge in [-0.2, -0.15) is 0 Å². The van der Waals surface area contributed by atoms with Crippen LogP contribution in [0.15, 0.2) is 46.9 Å². The van der Waals surface area contributed by atoms with Crippen molar-refractivity contribution in [2.24, 2.45) is 0 Å². The summed E-state index contributed by atoms with van der Waals surface area (Å²) < 4.78 is 11.1. The Hall–Kier alpha value is -3.22. The largest absolute Gasteiger partial charge is 0.477 e. The number of benzene rings is 2. The fourth-order valence-corrected chi connectivity index (χ4v) is 2.27. The molecule has 0 amide bonds. The third kappa shape index (κ3) is 3.24. The molecule has 7 heteroatoms. The normalized spacial score (nSPS) is 10.6. The van der Waals surface area contributed by atoms with E-state index >= 15 is 0 Å². The molecule has 0 saturated carbocycles. The SMILES string of the molecule is Cc1ccc(OCc2nnc(-c3ccccc3C)o2)c([N+](=O)[O-])c1. The molecule has 3 aromatic rings. The summed E-state index contributed by atoms with van der Waals surface area (Å²) in [6, 6.07) is 12.4. The maximum absolute atomic E-state index is 11.1. The maximum Gasteiger partial charge on any atom is 0.311 e. The molecule has 1 aromatic heterocycles. The average molecular weight is 325 g/mol. The summed E-state index contributed by atoms with van der Waals surface area (Å²) in [6.07, 6.45) is 0. The van der Waals surface area contributed by atoms with Crippen LogP contribution in [0.25, 0.3) is 11.5 Å². The van der Waals surface area contributed by atoms with E-state index in [4.69, 9.17) is 9.15 Å². The predicted molar refractivity (Wildman–Crippen MR) is 86.6 cm³/mol. The molecular weight excluding hydrogens is 310 g/mol. The quantitative estimate of drug-likeness (QED) is 0.523. The zero-order chi connectivity index (χ0) is 17.1. The van der Waals surface area contributed by atoms with Gasteiger partial charge in [0.05, 0.1) is 4.92 Å². The van der Waals surface area contributed by atoms with Gasteiger partial charge in [0.25, 0.3) is 5.89 Å². The molecule has 24 heavy (non-hydrogen) atoms. The van der Waals surface area contributed by atoms with Crippen molar-refractivity contribution in [3.05, 3.63) is 69.6 Å². The Morgan fingerprint density at radius 3 is 2.71 bits per heavy atom. The first-order valence-electron chi connectivity index (χ1n) is 7.31. The van der Waals surface area contributed by atoms with Crippen molar-refractivity contribution in [2.45, 2.75) is 20.5 Å². The molecule has 7 nitrogen and oxygen atoms in total. The van der Waals surface area contributed by atoms with Gasteiger partial charge in [-0.1, -0.05) is 24.3 Å². The second-order valence-electron chi connectivity index (χ2n) is 5.33. The Kier molecular flexibility index (Phi) is 4.24. The Bertz CT molecular complexity index is 889. The van der Waals surface area contributed by atoms with Crippen molar-refractivity contribution in [1.29, 1.82) is 0 Å². The molecule has 0 N–H and O–H groups in total. The van der Waals surface area contributed by atoms with Gasteiger partial charge in [0.15, 0.2) is 12.4 Å². The molecule has 0 atom stereocenters. The molecule has 0 aliphatic carbocycles. The van der Waals surface area contributed by atoms with E-state index in [9.17, 15) is 10.1 Å². The molecule has 0 radical (unpaired) electrons. The van der Waals surface area contributed by atoms with Crippen LogP contribution in [0, 0.1) is 24.0 Å². The molecule has 0 aliphatic rings. The first kappa shape index (κ1) is 15.7. The van der Waals surface area contributed by atoms with E-state index in [2.05, 4.69) is 10.2 Å². The molecule has 3 rings (SSSR count). The molecule has 0 saturated heterocycles. The minimum absolute atomic E-state index is 0.0389. The van der Waals surface area contributed by atoms with Crippen molar-refractivity contribution in [1.82, 2.24) is 10.2 Å². The summed E-state index contributed by atoms with van der Waals surface area (Å²) in [5.41, 5.74) is 2.56. The second-order valence-corrected chi connectivity index (χ2v) is 5.33. The lowest BCUT2D eigenvalue weighted by molar-refractivity contribution is -0.386. The van der Waals surface area contributed by atoms with Gasteiger partial charge in [-0.3, -0.25) is 10.1 Å². The lowest BCUT2D eigenvalue weighted by atomic mass is 10.1. The third-order valence-electron chi connectivity index (χ3n) is 3.50. The van der Waals surface area contributed by atoms with E-state index in [0.29, 0.717) is 5.89 Å². The second kappa shape index (κ2) is 6.49. The summed E-state index contributed by atoms with van der Waals surface area (Å²) in [4.78, 5) is 10.6. The smallest absolute Gasteiger partial charge is 0.311 e. The molecule has 0 aliphatic heterocycles. The van der Waals surface area contributed by atoms with Gasteiger partial charge in [0.1, 0.15) is 0 Å².